The third-order valence-corrected chi connectivity index (χ3v) is 13.8. The summed E-state index contributed by atoms with van der Waals surface area (Å²) in [6.45, 7) is 0. The average molecular weight is 604 g/mol. The second-order valence-corrected chi connectivity index (χ2v) is 15.6. The summed E-state index contributed by atoms with van der Waals surface area (Å²) in [5, 5.41) is 33.8. The van der Waals surface area contributed by atoms with E-state index in [2.05, 4.69) is 42.5 Å². The fourth-order valence-corrected chi connectivity index (χ4v) is 12.0. The molecule has 0 spiro atoms. The molecule has 9 rings (SSSR count). The van der Waals surface area contributed by atoms with Gasteiger partial charge in [0.1, 0.15) is 0 Å². The van der Waals surface area contributed by atoms with Crippen molar-refractivity contribution in [2.75, 3.05) is 0 Å². The summed E-state index contributed by atoms with van der Waals surface area (Å²) in [6, 6.07) is 0. The summed E-state index contributed by atoms with van der Waals surface area (Å²) in [5.41, 5.74) is 0. The summed E-state index contributed by atoms with van der Waals surface area (Å²) >= 11 is 0. The third kappa shape index (κ3) is 5.03. The Labute approximate surface area is 259 Å². The smallest absolute Gasteiger partial charge is 0.0628 e. The van der Waals surface area contributed by atoms with E-state index < -0.39 is 0 Å². The molecule has 0 aromatic heterocycles. The predicted molar refractivity (Wildman–Crippen MR) is 157 cm³/mol. The van der Waals surface area contributed by atoms with Gasteiger partial charge in [-0.3, -0.25) is 42.5 Å². The van der Waals surface area contributed by atoms with Gasteiger partial charge in [-0.2, -0.15) is 0 Å². The number of hydrogen-bond acceptors (Lipinski definition) is 8. The van der Waals surface area contributed by atoms with Crippen LogP contribution in [-0.2, 0) is 18.6 Å². The van der Waals surface area contributed by atoms with Gasteiger partial charge in [-0.25, -0.2) is 0 Å². The van der Waals surface area contributed by atoms with Crippen molar-refractivity contribution in [3.05, 3.63) is 0 Å². The van der Waals surface area contributed by atoms with Crippen LogP contribution in [0.1, 0.15) is 103 Å². The maximum atomic E-state index is 4.26. The maximum absolute atomic E-state index is 4.26. The van der Waals surface area contributed by atoms with Gasteiger partial charge in [0.05, 0.1) is 49.3 Å². The first-order valence-electron chi connectivity index (χ1n) is 17.9. The monoisotopic (exact) mass is 603 g/mol. The Hall–Kier alpha value is 0.264. The van der Waals surface area contributed by atoms with Gasteiger partial charge in [0, 0.05) is 18.6 Å². The molecule has 5 saturated heterocycles. The predicted octanol–water partition coefficient (Wildman–Crippen LogP) is 2.60. The van der Waals surface area contributed by atoms with E-state index in [0.29, 0.717) is 49.3 Å². The Balaban J connectivity index is 0.00000256. The number of fused-ring (bicyclic) bond motifs is 20. The summed E-state index contributed by atoms with van der Waals surface area (Å²) in [5.74, 6) is 5.97. The van der Waals surface area contributed by atoms with Crippen molar-refractivity contribution in [2.24, 2.45) is 47.3 Å². The first-order valence-corrected chi connectivity index (χ1v) is 17.9. The van der Waals surface area contributed by atoms with Gasteiger partial charge in [-0.05, 0) is 98.7 Å². The fraction of sp³-hybridized carbons (Fsp3) is 1.00. The number of hydrogen-bond donors (Lipinski definition) is 8. The first-order chi connectivity index (χ1) is 19.8. The van der Waals surface area contributed by atoms with Gasteiger partial charge in [0.2, 0.25) is 0 Å². The fourth-order valence-electron chi connectivity index (χ4n) is 12.0. The third-order valence-electron chi connectivity index (χ3n) is 13.8. The molecule has 8 unspecified atom stereocenters. The molecule has 0 amide bonds. The number of nitrogens with one attached hydrogen (secondary N) is 8. The number of rotatable bonds is 0. The van der Waals surface area contributed by atoms with Crippen molar-refractivity contribution in [1.82, 2.24) is 42.5 Å². The first kappa shape index (κ1) is 28.7. The molecule has 0 aromatic rings. The van der Waals surface area contributed by atoms with Gasteiger partial charge in [-0.15, -0.1) is 0 Å². The second-order valence-electron chi connectivity index (χ2n) is 15.6. The summed E-state index contributed by atoms with van der Waals surface area (Å²) in [7, 11) is 0. The topological polar surface area (TPSA) is 96.2 Å². The van der Waals surface area contributed by atoms with E-state index in [4.69, 9.17) is 0 Å². The largest absolute Gasteiger partial charge is 0.286 e. The van der Waals surface area contributed by atoms with Crippen LogP contribution in [0.2, 0.25) is 0 Å². The van der Waals surface area contributed by atoms with Crippen LogP contribution < -0.4 is 42.5 Å². The van der Waals surface area contributed by atoms with Crippen molar-refractivity contribution in [1.29, 1.82) is 0 Å². The molecular weight excluding hydrogens is 547 g/mol. The van der Waals surface area contributed by atoms with Crippen LogP contribution in [0.4, 0.5) is 0 Å². The summed E-state index contributed by atoms with van der Waals surface area (Å²) in [4.78, 5) is 0. The molecule has 9 aliphatic rings. The molecule has 8 nitrogen and oxygen atoms in total. The van der Waals surface area contributed by atoms with E-state index >= 15 is 0 Å². The van der Waals surface area contributed by atoms with Crippen LogP contribution in [-0.4, -0.2) is 49.3 Å². The van der Waals surface area contributed by atoms with Gasteiger partial charge < -0.3 is 0 Å². The van der Waals surface area contributed by atoms with Gasteiger partial charge in [0.15, 0.2) is 0 Å². The van der Waals surface area contributed by atoms with Gasteiger partial charge >= 0.3 is 0 Å². The van der Waals surface area contributed by atoms with Crippen LogP contribution in [0.25, 0.3) is 0 Å². The van der Waals surface area contributed by atoms with Crippen molar-refractivity contribution in [3.63, 3.8) is 0 Å². The van der Waals surface area contributed by atoms with Crippen LogP contribution in [0.5, 0.6) is 0 Å². The normalized spacial score (nSPS) is 56.2. The van der Waals surface area contributed by atoms with Crippen LogP contribution >= 0.6 is 0 Å². The Kier molecular flexibility index (Phi) is 8.33. The molecule has 0 aromatic carbocycles. The summed E-state index contributed by atoms with van der Waals surface area (Å²) in [6.07, 6.45) is 25.6. The van der Waals surface area contributed by atoms with Crippen LogP contribution in [0.3, 0.4) is 0 Å². The van der Waals surface area contributed by atoms with E-state index in [1.165, 1.54) is 103 Å². The van der Waals surface area contributed by atoms with E-state index in [0.717, 1.165) is 47.3 Å². The van der Waals surface area contributed by atoms with Crippen molar-refractivity contribution in [2.45, 2.75) is 152 Å². The molecule has 5 aliphatic heterocycles. The zero-order valence-electron chi connectivity index (χ0n) is 25.0. The molecule has 9 fully saturated rings. The minimum absolute atomic E-state index is 0. The summed E-state index contributed by atoms with van der Waals surface area (Å²) < 4.78 is 0. The van der Waals surface area contributed by atoms with E-state index in [-0.39, 0.29) is 18.6 Å². The molecule has 1 radical (unpaired) electrons. The molecule has 8 atom stereocenters. The standard InChI is InChI=1S/C32H56N8.V/c1-2-10-18-17(9-1)25-33-26(18)38-28-21-13-5-6-14-22(21)30(35-28)40-32-24-16-8-7-15-23(24)31(36-32)39-29-20-12-4-3-11-19(20)27(34-29)37-25;/h17-40H,1-16H2;. The molecule has 229 valence electrons. The molecule has 5 heterocycles. The van der Waals surface area contributed by atoms with Crippen molar-refractivity contribution < 1.29 is 18.6 Å². The molecule has 8 N–H and O–H groups in total. The van der Waals surface area contributed by atoms with E-state index in [1.807, 2.05) is 0 Å². The van der Waals surface area contributed by atoms with E-state index in [1.54, 1.807) is 0 Å². The maximum Gasteiger partial charge on any atom is 0.0628 e. The van der Waals surface area contributed by atoms with Crippen LogP contribution in [0, 0.1) is 47.3 Å². The molecule has 4 saturated carbocycles. The minimum Gasteiger partial charge on any atom is -0.286 e. The average Bonchev–Trinajstić information content (AvgIpc) is 3.73. The Bertz CT molecular complexity index is 716. The quantitative estimate of drug-likeness (QED) is 0.214. The van der Waals surface area contributed by atoms with Crippen LogP contribution in [0.15, 0.2) is 0 Å². The zero-order valence-corrected chi connectivity index (χ0v) is 26.4. The Morgan fingerprint density at radius 3 is 0.463 bits per heavy atom. The second kappa shape index (κ2) is 11.9. The van der Waals surface area contributed by atoms with Gasteiger partial charge in [0.25, 0.3) is 0 Å². The molecular formula is C32H56N8V. The molecule has 4 aliphatic carbocycles. The molecule has 41 heavy (non-hydrogen) atoms. The van der Waals surface area contributed by atoms with Crippen molar-refractivity contribution >= 4 is 0 Å². The van der Waals surface area contributed by atoms with E-state index in [9.17, 15) is 0 Å². The minimum atomic E-state index is 0. The Morgan fingerprint density at radius 2 is 0.341 bits per heavy atom. The SMILES string of the molecule is C1CCC2C3NC(NC4NC(NC5NC(NC6NC(N3)C3CCCCC63)C3CCCCC53)C3CCCCC43)C2C1.[V]. The van der Waals surface area contributed by atoms with Gasteiger partial charge in [-0.1, -0.05) is 51.4 Å². The molecule has 9 heteroatoms. The Morgan fingerprint density at radius 1 is 0.220 bits per heavy atom. The molecule has 8 bridgehead atoms. The zero-order chi connectivity index (χ0) is 26.2. The van der Waals surface area contributed by atoms with Crippen molar-refractivity contribution in [3.8, 4) is 0 Å².